The fourth-order valence-corrected chi connectivity index (χ4v) is 3.60. The maximum absolute atomic E-state index is 13.5. The Morgan fingerprint density at radius 3 is 2.66 bits per heavy atom. The van der Waals surface area contributed by atoms with E-state index in [1.54, 1.807) is 29.8 Å². The second-order valence-electron chi connectivity index (χ2n) is 6.65. The highest BCUT2D eigenvalue weighted by Gasteiger charge is 2.31. The molecule has 0 atom stereocenters. The normalized spacial score (nSPS) is 11.1. The zero-order valence-electron chi connectivity index (χ0n) is 16.2. The summed E-state index contributed by atoms with van der Waals surface area (Å²) in [5.74, 6) is 4.47. The van der Waals surface area contributed by atoms with Crippen molar-refractivity contribution in [1.82, 2.24) is 19.7 Å². The average Bonchev–Trinajstić information content (AvgIpc) is 3.42. The number of aromatic nitrogens is 4. The Morgan fingerprint density at radius 2 is 1.97 bits per heavy atom. The minimum absolute atomic E-state index is 0.0384. The summed E-state index contributed by atoms with van der Waals surface area (Å²) in [6.07, 6.45) is 1.15. The molecule has 0 spiro atoms. The third-order valence-corrected chi connectivity index (χ3v) is 5.13. The Hall–Kier alpha value is -3.97. The topological polar surface area (TPSA) is 80.9 Å². The zero-order valence-corrected chi connectivity index (χ0v) is 17.0. The van der Waals surface area contributed by atoms with Crippen LogP contribution in [0, 0.1) is 11.8 Å². The maximum atomic E-state index is 13.5. The van der Waals surface area contributed by atoms with E-state index in [-0.39, 0.29) is 23.2 Å². The summed E-state index contributed by atoms with van der Waals surface area (Å²) in [7, 11) is 0. The summed E-state index contributed by atoms with van der Waals surface area (Å²) < 4.78 is 41.8. The van der Waals surface area contributed by atoms with Crippen molar-refractivity contribution in [2.75, 3.05) is 0 Å². The van der Waals surface area contributed by atoms with Crippen molar-refractivity contribution in [3.63, 3.8) is 0 Å². The van der Waals surface area contributed by atoms with Gasteiger partial charge in [-0.05, 0) is 30.3 Å². The number of rotatable bonds is 4. The summed E-state index contributed by atoms with van der Waals surface area (Å²) in [6.45, 7) is 0.199. The number of alkyl halides is 3. The minimum Gasteiger partial charge on any atom is -0.478 e. The van der Waals surface area contributed by atoms with Gasteiger partial charge in [0.15, 0.2) is 0 Å². The van der Waals surface area contributed by atoms with E-state index in [9.17, 15) is 18.0 Å². The molecule has 0 radical (unpaired) electrons. The number of hydrogen-bond acceptors (Lipinski definition) is 5. The largest absolute Gasteiger partial charge is 0.478 e. The van der Waals surface area contributed by atoms with Crippen LogP contribution in [-0.2, 0) is 12.7 Å². The fourth-order valence-electron chi connectivity index (χ4n) is 2.81. The lowest BCUT2D eigenvalue weighted by atomic mass is 10.0. The van der Waals surface area contributed by atoms with E-state index in [1.165, 1.54) is 34.6 Å². The summed E-state index contributed by atoms with van der Waals surface area (Å²) in [5.41, 5.74) is 0.652. The second kappa shape index (κ2) is 8.64. The molecule has 32 heavy (non-hydrogen) atoms. The van der Waals surface area contributed by atoms with Gasteiger partial charge < -0.3 is 5.11 Å². The molecule has 0 unspecified atom stereocenters. The first-order valence-electron chi connectivity index (χ1n) is 9.13. The number of halogens is 3. The van der Waals surface area contributed by atoms with Gasteiger partial charge in [0.2, 0.25) is 0 Å². The van der Waals surface area contributed by atoms with Crippen molar-refractivity contribution >= 4 is 17.3 Å². The van der Waals surface area contributed by atoms with Crippen LogP contribution in [0.15, 0.2) is 60.5 Å². The van der Waals surface area contributed by atoms with Crippen molar-refractivity contribution in [3.8, 4) is 23.1 Å². The fraction of sp³-hybridized carbons (Fsp3) is 0.0909. The van der Waals surface area contributed by atoms with Crippen LogP contribution in [0.1, 0.15) is 32.1 Å². The molecule has 1 aromatic carbocycles. The molecule has 0 aliphatic carbocycles. The Bertz CT molecular complexity index is 1330. The first kappa shape index (κ1) is 21.3. The zero-order chi connectivity index (χ0) is 22.7. The summed E-state index contributed by atoms with van der Waals surface area (Å²) in [6, 6.07) is 6.99. The van der Waals surface area contributed by atoms with E-state index in [4.69, 9.17) is 5.11 Å². The molecule has 6 nitrogen and oxygen atoms in total. The molecular formula is C22H13F3N4O2S. The van der Waals surface area contributed by atoms with Gasteiger partial charge in [-0.2, -0.15) is 18.3 Å². The van der Waals surface area contributed by atoms with E-state index in [1.807, 2.05) is 0 Å². The van der Waals surface area contributed by atoms with E-state index in [0.717, 1.165) is 12.1 Å². The number of aromatic carboxylic acids is 1. The number of nitrogens with zero attached hydrogens (tertiary/aromatic N) is 4. The predicted octanol–water partition coefficient (Wildman–Crippen LogP) is 4.57. The van der Waals surface area contributed by atoms with Gasteiger partial charge in [0.05, 0.1) is 29.6 Å². The van der Waals surface area contributed by atoms with E-state index < -0.39 is 17.7 Å². The number of hydrogen-bond donors (Lipinski definition) is 1. The van der Waals surface area contributed by atoms with Gasteiger partial charge in [-0.25, -0.2) is 9.78 Å². The molecule has 4 aromatic rings. The Morgan fingerprint density at radius 1 is 1.16 bits per heavy atom. The number of benzene rings is 1. The number of thiazole rings is 1. The lowest BCUT2D eigenvalue weighted by molar-refractivity contribution is -0.137. The van der Waals surface area contributed by atoms with Gasteiger partial charge >= 0.3 is 12.1 Å². The summed E-state index contributed by atoms with van der Waals surface area (Å²) in [4.78, 5) is 19.3. The van der Waals surface area contributed by atoms with Crippen molar-refractivity contribution in [1.29, 1.82) is 0 Å². The highest BCUT2D eigenvalue weighted by atomic mass is 32.1. The third kappa shape index (κ3) is 5.01. The Kier molecular flexibility index (Phi) is 5.75. The number of carboxylic acid groups (broad SMARTS) is 1. The first-order valence-corrected chi connectivity index (χ1v) is 10.0. The Labute approximate surface area is 184 Å². The second-order valence-corrected chi connectivity index (χ2v) is 7.59. The van der Waals surface area contributed by atoms with Crippen molar-refractivity contribution in [2.45, 2.75) is 12.7 Å². The SMILES string of the molecule is O=C(O)c1cnn(Cc2nc(-c3cc(C#Cc4cccnc4)cc(C(F)(F)F)c3)cs2)c1. The Balaban J connectivity index is 1.65. The van der Waals surface area contributed by atoms with E-state index in [0.29, 0.717) is 16.3 Å². The van der Waals surface area contributed by atoms with E-state index >= 15 is 0 Å². The molecule has 3 heterocycles. The van der Waals surface area contributed by atoms with Gasteiger partial charge in [0.1, 0.15) is 5.01 Å². The molecule has 160 valence electrons. The van der Waals surface area contributed by atoms with Crippen LogP contribution in [0.3, 0.4) is 0 Å². The highest BCUT2D eigenvalue weighted by Crippen LogP contribution is 2.33. The molecule has 0 saturated heterocycles. The first-order chi connectivity index (χ1) is 15.3. The molecule has 0 amide bonds. The van der Waals surface area contributed by atoms with Crippen molar-refractivity contribution in [3.05, 3.63) is 87.8 Å². The van der Waals surface area contributed by atoms with E-state index in [2.05, 4.69) is 26.9 Å². The van der Waals surface area contributed by atoms with Crippen molar-refractivity contribution < 1.29 is 23.1 Å². The van der Waals surface area contributed by atoms with Crippen LogP contribution in [0.4, 0.5) is 13.2 Å². The van der Waals surface area contributed by atoms with Gasteiger partial charge in [-0.1, -0.05) is 11.8 Å². The summed E-state index contributed by atoms with van der Waals surface area (Å²) >= 11 is 1.24. The lowest BCUT2D eigenvalue weighted by Gasteiger charge is -2.09. The number of carboxylic acids is 1. The quantitative estimate of drug-likeness (QED) is 0.457. The van der Waals surface area contributed by atoms with Crippen LogP contribution in [-0.4, -0.2) is 30.8 Å². The molecule has 0 saturated carbocycles. The van der Waals surface area contributed by atoms with Gasteiger partial charge in [0.25, 0.3) is 0 Å². The van der Waals surface area contributed by atoms with Gasteiger partial charge in [-0.15, -0.1) is 11.3 Å². The van der Waals surface area contributed by atoms with Crippen LogP contribution in [0.5, 0.6) is 0 Å². The molecule has 10 heteroatoms. The molecule has 0 fully saturated rings. The van der Waals surface area contributed by atoms with Gasteiger partial charge in [-0.3, -0.25) is 9.67 Å². The molecular weight excluding hydrogens is 441 g/mol. The lowest BCUT2D eigenvalue weighted by Crippen LogP contribution is -2.05. The molecule has 0 aliphatic heterocycles. The molecule has 1 N–H and O–H groups in total. The standard InChI is InChI=1S/C22H13F3N4O2S/c23-22(24,25)18-7-15(4-3-14-2-1-5-26-9-14)6-16(8-18)19-13-32-20(28-19)12-29-11-17(10-27-29)21(30)31/h1-2,5-11,13H,12H2,(H,30,31). The number of pyridine rings is 1. The van der Waals surface area contributed by atoms with Crippen LogP contribution >= 0.6 is 11.3 Å². The summed E-state index contributed by atoms with van der Waals surface area (Å²) in [5, 5.41) is 15.2. The molecule has 3 aromatic heterocycles. The molecule has 0 aliphatic rings. The van der Waals surface area contributed by atoms with Crippen molar-refractivity contribution in [2.24, 2.45) is 0 Å². The molecule has 0 bridgehead atoms. The average molecular weight is 454 g/mol. The minimum atomic E-state index is -4.54. The van der Waals surface area contributed by atoms with Gasteiger partial charge in [0, 0.05) is 40.7 Å². The predicted molar refractivity (Wildman–Crippen MR) is 111 cm³/mol. The smallest absolute Gasteiger partial charge is 0.416 e. The highest BCUT2D eigenvalue weighted by molar-refractivity contribution is 7.09. The number of carbonyl (C=O) groups is 1. The van der Waals surface area contributed by atoms with Crippen LogP contribution < -0.4 is 0 Å². The van der Waals surface area contributed by atoms with Crippen LogP contribution in [0.25, 0.3) is 11.3 Å². The monoisotopic (exact) mass is 454 g/mol. The third-order valence-electron chi connectivity index (χ3n) is 4.30. The maximum Gasteiger partial charge on any atom is 0.416 e. The van der Waals surface area contributed by atoms with Crippen LogP contribution in [0.2, 0.25) is 0 Å². The molecule has 4 rings (SSSR count).